The van der Waals surface area contributed by atoms with Gasteiger partial charge in [0.15, 0.2) is 6.04 Å². The van der Waals surface area contributed by atoms with Crippen molar-refractivity contribution in [3.05, 3.63) is 12.2 Å². The highest BCUT2D eigenvalue weighted by molar-refractivity contribution is 5.99. The van der Waals surface area contributed by atoms with Crippen LogP contribution in [0.3, 0.4) is 0 Å². The van der Waals surface area contributed by atoms with Gasteiger partial charge in [0.05, 0.1) is 31.4 Å². The molecule has 9 N–H and O–H groups in total. The summed E-state index contributed by atoms with van der Waals surface area (Å²) in [5.74, 6) is -12.0. The minimum Gasteiger partial charge on any atom is -0.480 e. The van der Waals surface area contributed by atoms with Gasteiger partial charge in [0.1, 0.15) is 60.0 Å². The Morgan fingerprint density at radius 2 is 0.861 bits per heavy atom. The molecule has 30 heteroatoms. The lowest BCUT2D eigenvalue weighted by molar-refractivity contribution is -0.157. The number of allylic oxidation sites excluding steroid dienone is 2. The number of nitrogens with zero attached hydrogens (tertiary/aromatic N) is 7. The Hall–Kier alpha value is -7.47. The Labute approximate surface area is 600 Å². The SMILES string of the molecule is C/C=C/C[C@@H](C)[C@@H](O)[C@@H](C(=O)N[C@H](C(=O)O)[C@@H](C)O)N(C)C(=O)[C@H](C(C)C)N(C)C(=O)[C@H](CC(C)C)N(C)C(=O)[C@H](CC(C)C)N(C)C(=O)CNC(=O)[C@H](C)NC(=O)[C@H](CC(C)C)N(C)C(=O)[C@H](CC(C)C)NC(=O)[C@H](CC(C)C)N(C)C(=O)CN(C)C(=O)[C@@H](NC(=O)OC(C)(C)C)[C@@H](C)O. The fourth-order valence-corrected chi connectivity index (χ4v) is 11.5. The fourth-order valence-electron chi connectivity index (χ4n) is 11.5. The highest BCUT2D eigenvalue weighted by atomic mass is 16.6. The number of rotatable bonds is 41. The third kappa shape index (κ3) is 30.2. The topological polar surface area (TPSA) is 395 Å². The Morgan fingerprint density at radius 1 is 0.446 bits per heavy atom. The number of carbonyl (C=O) groups is 13. The molecule has 0 heterocycles. The van der Waals surface area contributed by atoms with E-state index in [1.165, 1.54) is 77.9 Å². The van der Waals surface area contributed by atoms with Gasteiger partial charge in [-0.3, -0.25) is 52.7 Å². The van der Waals surface area contributed by atoms with Gasteiger partial charge < -0.3 is 86.0 Å². The quantitative estimate of drug-likeness (QED) is 0.0397. The molecule has 0 bridgehead atoms. The van der Waals surface area contributed by atoms with Gasteiger partial charge in [0.25, 0.3) is 0 Å². The fraction of sp³-hybridized carbons (Fsp3) is 0.789. The first-order valence-corrected chi connectivity index (χ1v) is 35.2. The summed E-state index contributed by atoms with van der Waals surface area (Å²) in [7, 11) is 9.50. The number of hydrogen-bond acceptors (Lipinski definition) is 17. The van der Waals surface area contributed by atoms with Crippen LogP contribution in [0.1, 0.15) is 177 Å². The van der Waals surface area contributed by atoms with Crippen molar-refractivity contribution >= 4 is 77.0 Å². The van der Waals surface area contributed by atoms with Gasteiger partial charge in [-0.15, -0.1) is 0 Å². The molecule has 0 aromatic heterocycles. The van der Waals surface area contributed by atoms with Crippen molar-refractivity contribution in [3.63, 3.8) is 0 Å². The second-order valence-electron chi connectivity index (χ2n) is 30.6. The van der Waals surface area contributed by atoms with Crippen molar-refractivity contribution in [2.45, 2.75) is 261 Å². The first-order chi connectivity index (χ1) is 46.3. The maximum Gasteiger partial charge on any atom is 0.408 e. The van der Waals surface area contributed by atoms with Gasteiger partial charge in [-0.25, -0.2) is 9.59 Å². The Balaban J connectivity index is 6.88. The molecule has 0 rings (SSSR count). The molecule has 0 aliphatic rings. The van der Waals surface area contributed by atoms with E-state index in [0.717, 1.165) is 26.5 Å². The molecule has 30 nitrogen and oxygen atoms in total. The monoisotopic (exact) mass is 1440 g/mol. The summed E-state index contributed by atoms with van der Waals surface area (Å²) in [6.45, 7) is 32.5. The van der Waals surface area contributed by atoms with Gasteiger partial charge in [-0.1, -0.05) is 102 Å². The van der Waals surface area contributed by atoms with Crippen LogP contribution in [0.5, 0.6) is 0 Å². The number of aliphatic hydroxyl groups is 3. The van der Waals surface area contributed by atoms with E-state index in [4.69, 9.17) is 4.74 Å². The Bertz CT molecular complexity index is 2800. The van der Waals surface area contributed by atoms with Gasteiger partial charge in [-0.05, 0) is 128 Å². The summed E-state index contributed by atoms with van der Waals surface area (Å²) in [4.78, 5) is 190. The highest BCUT2D eigenvalue weighted by Crippen LogP contribution is 2.26. The second-order valence-corrected chi connectivity index (χ2v) is 30.6. The molecule has 0 unspecified atom stereocenters. The standard InChI is InChI=1S/C71H128N12O18/c1-28-29-30-44(14)59(88)58(63(92)75-56(47(17)85)69(98)99)83(27)68(97)57(43(12)13)82(26)66(95)52(35-42(10)11)81(25)65(94)51(34-41(8)9)79(23)53(86)36-72-60(89)45(15)73-61(90)50(33-40(6)7)80(24)64(93)48(31-38(2)3)74-62(91)49(32-39(4)5)78(22)54(87)37-77(21)67(96)55(46(16)84)76-70(100)101-71(18,19)20/h28-29,38-52,55-59,84-85,88H,30-37H2,1-27H3,(H,72,89)(H,73,90)(H,74,91)(H,75,92)(H,76,100)(H,98,99)/b29-28+/t44-,45+,46-,47-,48+,49+,50+,51+,52+,55+,56+,57+,58+,59-/m1/s1. The minimum absolute atomic E-state index is 0.0883. The maximum atomic E-state index is 15.0. The number of alkyl carbamates (subject to hydrolysis) is 1. The minimum atomic E-state index is -1.80. The van der Waals surface area contributed by atoms with Crippen molar-refractivity contribution in [3.8, 4) is 0 Å². The first kappa shape index (κ1) is 93.5. The van der Waals surface area contributed by atoms with Crippen LogP contribution in [0.4, 0.5) is 4.79 Å². The van der Waals surface area contributed by atoms with Gasteiger partial charge >= 0.3 is 12.1 Å². The maximum absolute atomic E-state index is 15.0. The molecule has 14 atom stereocenters. The number of aliphatic carboxylic acids is 1. The van der Waals surface area contributed by atoms with E-state index in [1.807, 2.05) is 69.2 Å². The van der Waals surface area contributed by atoms with E-state index in [0.29, 0.717) is 0 Å². The largest absolute Gasteiger partial charge is 0.480 e. The van der Waals surface area contributed by atoms with E-state index >= 15 is 0 Å². The predicted molar refractivity (Wildman–Crippen MR) is 382 cm³/mol. The molecule has 0 fully saturated rings. The number of nitrogens with one attached hydrogen (secondary N) is 5. The average molecular weight is 1440 g/mol. The zero-order valence-electron chi connectivity index (χ0n) is 65.5. The summed E-state index contributed by atoms with van der Waals surface area (Å²) in [5, 5.41) is 54.8. The molecule has 101 heavy (non-hydrogen) atoms. The summed E-state index contributed by atoms with van der Waals surface area (Å²) >= 11 is 0. The van der Waals surface area contributed by atoms with Crippen LogP contribution in [-0.4, -0.2) is 279 Å². The van der Waals surface area contributed by atoms with E-state index in [2.05, 4.69) is 26.6 Å². The summed E-state index contributed by atoms with van der Waals surface area (Å²) in [6.07, 6.45) is -1.17. The lowest BCUT2D eigenvalue weighted by Crippen LogP contribution is -2.63. The van der Waals surface area contributed by atoms with Crippen molar-refractivity contribution in [2.24, 2.45) is 41.4 Å². The van der Waals surface area contributed by atoms with Crippen LogP contribution in [-0.2, 0) is 62.3 Å². The summed E-state index contributed by atoms with van der Waals surface area (Å²) in [5.41, 5.74) is -0.912. The Morgan fingerprint density at radius 3 is 1.30 bits per heavy atom. The molecular formula is C71H128N12O18. The molecule has 0 aromatic rings. The van der Waals surface area contributed by atoms with E-state index < -0.39 is 186 Å². The predicted octanol–water partition coefficient (Wildman–Crippen LogP) is 2.59. The molecule has 0 aliphatic carbocycles. The lowest BCUT2D eigenvalue weighted by Gasteiger charge is -2.41. The van der Waals surface area contributed by atoms with Crippen LogP contribution in [0.25, 0.3) is 0 Å². The van der Waals surface area contributed by atoms with Crippen LogP contribution in [0.15, 0.2) is 12.2 Å². The number of carboxylic acid groups (broad SMARTS) is 1. The van der Waals surface area contributed by atoms with Crippen LogP contribution < -0.4 is 26.6 Å². The number of carboxylic acids is 1. The van der Waals surface area contributed by atoms with Gasteiger partial charge in [-0.2, -0.15) is 0 Å². The van der Waals surface area contributed by atoms with E-state index in [-0.39, 0.29) is 68.1 Å². The molecule has 0 aliphatic heterocycles. The molecule has 0 saturated carbocycles. The summed E-state index contributed by atoms with van der Waals surface area (Å²) in [6, 6.07) is -13.6. The van der Waals surface area contributed by atoms with Gasteiger partial charge in [0.2, 0.25) is 65.0 Å². The highest BCUT2D eigenvalue weighted by Gasteiger charge is 2.46. The van der Waals surface area contributed by atoms with E-state index in [1.54, 1.807) is 60.6 Å². The number of likely N-dealkylation sites (N-methyl/N-ethyl adjacent to an activating group) is 7. The van der Waals surface area contributed by atoms with Crippen molar-refractivity contribution < 1.29 is 87.5 Å². The molecule has 12 amide bonds. The third-order valence-electron chi connectivity index (χ3n) is 17.3. The molecule has 0 radical (unpaired) electrons. The van der Waals surface area contributed by atoms with Crippen LogP contribution in [0, 0.1) is 41.4 Å². The van der Waals surface area contributed by atoms with Gasteiger partial charge in [0, 0.05) is 49.3 Å². The number of aliphatic hydroxyl groups excluding tert-OH is 3. The van der Waals surface area contributed by atoms with Crippen molar-refractivity contribution in [1.82, 2.24) is 60.9 Å². The average Bonchev–Trinajstić information content (AvgIpc) is 0.801. The Kier molecular flexibility index (Phi) is 39.7. The normalized spacial score (nSPS) is 16.0. The lowest BCUT2D eigenvalue weighted by atomic mass is 9.91. The number of amides is 12. The second kappa shape index (κ2) is 42.8. The summed E-state index contributed by atoms with van der Waals surface area (Å²) < 4.78 is 5.25. The van der Waals surface area contributed by atoms with Crippen molar-refractivity contribution in [2.75, 3.05) is 62.4 Å². The van der Waals surface area contributed by atoms with Crippen molar-refractivity contribution in [1.29, 1.82) is 0 Å². The van der Waals surface area contributed by atoms with Crippen LogP contribution >= 0.6 is 0 Å². The molecule has 0 aromatic carbocycles. The zero-order valence-corrected chi connectivity index (χ0v) is 65.5. The number of carbonyl (C=O) groups excluding carboxylic acids is 12. The number of ether oxygens (including phenoxy) is 1. The van der Waals surface area contributed by atoms with Crippen LogP contribution in [0.2, 0.25) is 0 Å². The molecular weight excluding hydrogens is 1310 g/mol. The molecule has 0 spiro atoms. The zero-order chi connectivity index (χ0) is 78.9. The van der Waals surface area contributed by atoms with E-state index in [9.17, 15) is 82.8 Å². The molecule has 0 saturated heterocycles. The molecule has 580 valence electrons. The third-order valence-corrected chi connectivity index (χ3v) is 17.3. The first-order valence-electron chi connectivity index (χ1n) is 35.2. The number of hydrogen-bond donors (Lipinski definition) is 9. The smallest absolute Gasteiger partial charge is 0.408 e.